The molecule has 2 aromatic heterocycles. The van der Waals surface area contributed by atoms with Gasteiger partial charge in [0.1, 0.15) is 29.7 Å². The van der Waals surface area contributed by atoms with Crippen LogP contribution in [0.4, 0.5) is 4.39 Å². The zero-order valence-corrected chi connectivity index (χ0v) is 15.5. The number of nitrogens with zero attached hydrogens (tertiary/aromatic N) is 4. The number of carbonyl (C=O) groups is 1. The van der Waals surface area contributed by atoms with E-state index in [9.17, 15) is 9.18 Å². The first-order chi connectivity index (χ1) is 12.5. The maximum Gasteiger partial charge on any atom is 0.269 e. The zero-order chi connectivity index (χ0) is 18.4. The molecule has 0 fully saturated rings. The van der Waals surface area contributed by atoms with Crippen molar-refractivity contribution in [3.63, 3.8) is 0 Å². The lowest BCUT2D eigenvalue weighted by atomic mass is 10.1. The van der Waals surface area contributed by atoms with Crippen LogP contribution >= 0.6 is 15.9 Å². The minimum Gasteiger partial charge on any atom is -0.491 e. The average Bonchev–Trinajstić information content (AvgIpc) is 3.11. The van der Waals surface area contributed by atoms with E-state index in [-0.39, 0.29) is 5.69 Å². The fraction of sp³-hybridized carbons (Fsp3) is 0.235. The lowest BCUT2D eigenvalue weighted by Gasteiger charge is -2.09. The first kappa shape index (κ1) is 16.8. The van der Waals surface area contributed by atoms with Gasteiger partial charge in [0.05, 0.1) is 22.3 Å². The van der Waals surface area contributed by atoms with Gasteiger partial charge in [-0.2, -0.15) is 5.10 Å². The van der Waals surface area contributed by atoms with Crippen molar-refractivity contribution < 1.29 is 13.9 Å². The summed E-state index contributed by atoms with van der Waals surface area (Å²) in [6.07, 6.45) is 2.14. The summed E-state index contributed by atoms with van der Waals surface area (Å²) in [7, 11) is 1.83. The van der Waals surface area contributed by atoms with E-state index in [1.54, 1.807) is 16.9 Å². The number of primary amides is 1. The molecule has 1 aliphatic rings. The molecule has 3 aromatic rings. The Morgan fingerprint density at radius 1 is 1.46 bits per heavy atom. The Labute approximate surface area is 156 Å². The maximum absolute atomic E-state index is 13.9. The molecule has 26 heavy (non-hydrogen) atoms. The number of amides is 1. The number of benzene rings is 1. The molecule has 1 amide bonds. The van der Waals surface area contributed by atoms with Crippen LogP contribution < -0.4 is 10.5 Å². The molecule has 1 aliphatic heterocycles. The van der Waals surface area contributed by atoms with Gasteiger partial charge < -0.3 is 15.0 Å². The molecule has 3 heterocycles. The van der Waals surface area contributed by atoms with Crippen LogP contribution in [0.1, 0.15) is 21.9 Å². The molecule has 0 radical (unpaired) electrons. The molecule has 134 valence electrons. The van der Waals surface area contributed by atoms with Crippen molar-refractivity contribution in [2.24, 2.45) is 12.8 Å². The zero-order valence-electron chi connectivity index (χ0n) is 13.9. The number of hydrogen-bond donors (Lipinski definition) is 1. The van der Waals surface area contributed by atoms with Crippen LogP contribution in [0.15, 0.2) is 28.9 Å². The van der Waals surface area contributed by atoms with Gasteiger partial charge in [-0.25, -0.2) is 9.37 Å². The largest absolute Gasteiger partial charge is 0.491 e. The maximum atomic E-state index is 13.9. The lowest BCUT2D eigenvalue weighted by molar-refractivity contribution is 0.0995. The van der Waals surface area contributed by atoms with E-state index in [2.05, 4.69) is 26.0 Å². The normalized spacial score (nSPS) is 12.9. The van der Waals surface area contributed by atoms with Gasteiger partial charge in [-0.05, 0) is 28.1 Å². The van der Waals surface area contributed by atoms with Gasteiger partial charge in [0.2, 0.25) is 0 Å². The highest BCUT2D eigenvalue weighted by molar-refractivity contribution is 9.10. The Hall–Kier alpha value is -2.68. The smallest absolute Gasteiger partial charge is 0.269 e. The molecule has 1 aromatic carbocycles. The fourth-order valence-electron chi connectivity index (χ4n) is 3.13. The Balaban J connectivity index is 1.92. The van der Waals surface area contributed by atoms with Crippen LogP contribution in [0.2, 0.25) is 0 Å². The summed E-state index contributed by atoms with van der Waals surface area (Å²) < 4.78 is 23.5. The summed E-state index contributed by atoms with van der Waals surface area (Å²) >= 11 is 3.19. The number of hydrogen-bond acceptors (Lipinski definition) is 4. The number of carbonyl (C=O) groups excluding carboxylic acids is 1. The first-order valence-electron chi connectivity index (χ1n) is 7.94. The Kier molecular flexibility index (Phi) is 4.03. The van der Waals surface area contributed by atoms with Gasteiger partial charge in [-0.1, -0.05) is 0 Å². The van der Waals surface area contributed by atoms with Crippen molar-refractivity contribution in [3.05, 3.63) is 51.8 Å². The summed E-state index contributed by atoms with van der Waals surface area (Å²) in [5.74, 6) is -0.109. The third-order valence-corrected chi connectivity index (χ3v) is 5.02. The van der Waals surface area contributed by atoms with Gasteiger partial charge in [0, 0.05) is 31.4 Å². The van der Waals surface area contributed by atoms with Crippen molar-refractivity contribution in [1.82, 2.24) is 19.3 Å². The molecule has 0 atom stereocenters. The number of imidazole rings is 1. The Morgan fingerprint density at radius 3 is 2.96 bits per heavy atom. The molecular weight excluding hydrogens is 405 g/mol. The second-order valence-corrected chi connectivity index (χ2v) is 6.83. The van der Waals surface area contributed by atoms with E-state index in [0.717, 1.165) is 5.69 Å². The minimum atomic E-state index is -0.605. The molecule has 4 rings (SSSR count). The van der Waals surface area contributed by atoms with Crippen LogP contribution in [0, 0.1) is 5.82 Å². The van der Waals surface area contributed by atoms with Crippen molar-refractivity contribution in [2.45, 2.75) is 13.0 Å². The molecule has 0 unspecified atom stereocenters. The quantitative estimate of drug-likeness (QED) is 0.704. The van der Waals surface area contributed by atoms with Crippen LogP contribution in [-0.4, -0.2) is 31.8 Å². The predicted molar refractivity (Wildman–Crippen MR) is 95.3 cm³/mol. The third-order valence-electron chi connectivity index (χ3n) is 4.41. The second kappa shape index (κ2) is 6.24. The topological polar surface area (TPSA) is 88.0 Å². The third kappa shape index (κ3) is 2.68. The monoisotopic (exact) mass is 419 g/mol. The number of halogens is 2. The van der Waals surface area contributed by atoms with E-state index in [0.29, 0.717) is 46.9 Å². The van der Waals surface area contributed by atoms with E-state index < -0.39 is 11.7 Å². The van der Waals surface area contributed by atoms with Crippen molar-refractivity contribution in [2.75, 3.05) is 6.61 Å². The fourth-order valence-corrected chi connectivity index (χ4v) is 3.47. The molecular formula is C17H15BrFN5O2. The summed E-state index contributed by atoms with van der Waals surface area (Å²) in [5.41, 5.74) is 7.98. The molecule has 0 aliphatic carbocycles. The minimum absolute atomic E-state index is 0.203. The van der Waals surface area contributed by atoms with Crippen LogP contribution in [-0.2, 0) is 20.0 Å². The lowest BCUT2D eigenvalue weighted by Crippen LogP contribution is -2.17. The van der Waals surface area contributed by atoms with E-state index in [1.165, 1.54) is 6.07 Å². The van der Waals surface area contributed by atoms with Crippen molar-refractivity contribution in [1.29, 1.82) is 0 Å². The van der Waals surface area contributed by atoms with Crippen LogP contribution in [0.3, 0.4) is 0 Å². The predicted octanol–water partition coefficient (Wildman–Crippen LogP) is 2.27. The van der Waals surface area contributed by atoms with E-state index >= 15 is 0 Å². The van der Waals surface area contributed by atoms with E-state index in [4.69, 9.17) is 10.5 Å². The van der Waals surface area contributed by atoms with Crippen molar-refractivity contribution in [3.8, 4) is 17.1 Å². The first-order valence-corrected chi connectivity index (χ1v) is 8.73. The highest BCUT2D eigenvalue weighted by atomic mass is 79.9. The van der Waals surface area contributed by atoms with Gasteiger partial charge in [0.25, 0.3) is 5.91 Å². The second-order valence-electron chi connectivity index (χ2n) is 5.98. The molecule has 2 N–H and O–H groups in total. The summed E-state index contributed by atoms with van der Waals surface area (Å²) in [6, 6.07) is 4.79. The number of rotatable bonds is 3. The Bertz CT molecular complexity index is 1030. The van der Waals surface area contributed by atoms with Gasteiger partial charge in [-0.3, -0.25) is 9.48 Å². The molecule has 0 bridgehead atoms. The molecule has 7 nitrogen and oxygen atoms in total. The van der Waals surface area contributed by atoms with E-state index in [1.807, 2.05) is 17.7 Å². The van der Waals surface area contributed by atoms with Crippen molar-refractivity contribution >= 4 is 21.8 Å². The highest BCUT2D eigenvalue weighted by Crippen LogP contribution is 2.37. The molecule has 9 heteroatoms. The highest BCUT2D eigenvalue weighted by Gasteiger charge is 2.27. The molecule has 0 spiro atoms. The summed E-state index contributed by atoms with van der Waals surface area (Å²) in [4.78, 5) is 16.5. The Morgan fingerprint density at radius 2 is 2.27 bits per heavy atom. The van der Waals surface area contributed by atoms with Gasteiger partial charge in [0.15, 0.2) is 0 Å². The standard InChI is InChI=1S/C17H15BrFN5O2/c1-23-9(2-3-21-23)6-13-15(16(20)25)22-17-10-7-11(18)12(19)8-14(10)26-5-4-24(13)17/h2-3,7-8H,4-6H2,1H3,(H2,20,25). The number of nitrogens with two attached hydrogens (primary N) is 1. The number of fused-ring (bicyclic) bond motifs is 3. The SMILES string of the molecule is Cn1nccc1Cc1c(C(N)=O)nc2n1CCOc1cc(F)c(Br)cc1-2. The molecule has 0 saturated carbocycles. The summed E-state index contributed by atoms with van der Waals surface area (Å²) in [5, 5.41) is 4.16. The number of ether oxygens (including phenoxy) is 1. The number of aromatic nitrogens is 4. The number of aryl methyl sites for hydroxylation is 1. The summed E-state index contributed by atoms with van der Waals surface area (Å²) in [6.45, 7) is 0.796. The average molecular weight is 420 g/mol. The van der Waals surface area contributed by atoms with Crippen LogP contribution in [0.5, 0.6) is 5.75 Å². The van der Waals surface area contributed by atoms with Gasteiger partial charge in [-0.15, -0.1) is 0 Å². The molecule has 0 saturated heterocycles. The van der Waals surface area contributed by atoms with Gasteiger partial charge >= 0.3 is 0 Å². The van der Waals surface area contributed by atoms with Crippen LogP contribution in [0.25, 0.3) is 11.4 Å².